The van der Waals surface area contributed by atoms with Crippen LogP contribution in [0.5, 0.6) is 0 Å². The van der Waals surface area contributed by atoms with Gasteiger partial charge in [0.25, 0.3) is 0 Å². The summed E-state index contributed by atoms with van der Waals surface area (Å²) < 4.78 is 1.28. The molecule has 0 radical (unpaired) electrons. The first-order valence-corrected chi connectivity index (χ1v) is 8.35. The van der Waals surface area contributed by atoms with Crippen molar-refractivity contribution in [3.63, 3.8) is 0 Å². The summed E-state index contributed by atoms with van der Waals surface area (Å²) in [5.74, 6) is 6.42. The normalized spacial score (nSPS) is 12.9. The van der Waals surface area contributed by atoms with Gasteiger partial charge in [-0.05, 0) is 63.1 Å². The lowest BCUT2D eigenvalue weighted by molar-refractivity contribution is 0.629. The fourth-order valence-corrected chi connectivity index (χ4v) is 3.63. The Kier molecular flexibility index (Phi) is 5.38. The monoisotopic (exact) mass is 386 g/mol. The van der Waals surface area contributed by atoms with Gasteiger partial charge in [-0.1, -0.05) is 38.1 Å². The number of hydrogen-bond donors (Lipinski definition) is 2. The molecule has 0 fully saturated rings. The van der Waals surface area contributed by atoms with E-state index in [1.807, 2.05) is 0 Å². The molecule has 1 aromatic heterocycles. The van der Waals surface area contributed by atoms with Crippen LogP contribution in [-0.2, 0) is 6.42 Å². The van der Waals surface area contributed by atoms with Gasteiger partial charge >= 0.3 is 0 Å². The van der Waals surface area contributed by atoms with Crippen molar-refractivity contribution >= 4 is 33.9 Å². The summed E-state index contributed by atoms with van der Waals surface area (Å²) in [6, 6.07) is 11.0. The van der Waals surface area contributed by atoms with Gasteiger partial charge in [-0.15, -0.1) is 11.3 Å². The molecule has 0 amide bonds. The van der Waals surface area contributed by atoms with Crippen molar-refractivity contribution < 1.29 is 0 Å². The average Bonchev–Trinajstić information content (AvgIpc) is 2.76. The molecular weight excluding hydrogens is 367 g/mol. The Morgan fingerprint density at radius 2 is 2.05 bits per heavy atom. The van der Waals surface area contributed by atoms with E-state index >= 15 is 0 Å². The SMILES string of the molecule is CC(C)Cc1cccc(C(NN)c2csc(I)c2)c1. The highest BCUT2D eigenvalue weighted by molar-refractivity contribution is 14.1. The predicted octanol–water partition coefficient (Wildman–Crippen LogP) is 4.10. The molecule has 3 N–H and O–H groups in total. The second-order valence-electron chi connectivity index (χ2n) is 5.13. The highest BCUT2D eigenvalue weighted by Crippen LogP contribution is 2.27. The Morgan fingerprint density at radius 3 is 2.63 bits per heavy atom. The molecule has 0 saturated heterocycles. The zero-order valence-corrected chi connectivity index (χ0v) is 14.2. The van der Waals surface area contributed by atoms with Crippen molar-refractivity contribution in [1.29, 1.82) is 0 Å². The predicted molar refractivity (Wildman–Crippen MR) is 91.2 cm³/mol. The van der Waals surface area contributed by atoms with Crippen LogP contribution in [0.3, 0.4) is 0 Å². The number of hydrogen-bond acceptors (Lipinski definition) is 3. The lowest BCUT2D eigenvalue weighted by atomic mass is 9.96. The molecule has 1 heterocycles. The Labute approximate surface area is 132 Å². The van der Waals surface area contributed by atoms with Crippen molar-refractivity contribution in [2.75, 3.05) is 0 Å². The smallest absolute Gasteiger partial charge is 0.0718 e. The van der Waals surface area contributed by atoms with Crippen molar-refractivity contribution in [2.24, 2.45) is 11.8 Å². The Morgan fingerprint density at radius 1 is 1.26 bits per heavy atom. The van der Waals surface area contributed by atoms with Crippen LogP contribution in [0.25, 0.3) is 0 Å². The van der Waals surface area contributed by atoms with Gasteiger partial charge in [0.1, 0.15) is 0 Å². The average molecular weight is 386 g/mol. The number of nitrogens with one attached hydrogen (secondary N) is 1. The zero-order chi connectivity index (χ0) is 13.8. The summed E-state index contributed by atoms with van der Waals surface area (Å²) in [6.45, 7) is 4.49. The molecule has 1 atom stereocenters. The van der Waals surface area contributed by atoms with E-state index in [1.165, 1.54) is 19.6 Å². The number of nitrogens with two attached hydrogens (primary N) is 1. The summed E-state index contributed by atoms with van der Waals surface area (Å²) in [7, 11) is 0. The van der Waals surface area contributed by atoms with E-state index in [-0.39, 0.29) is 6.04 Å². The second-order valence-corrected chi connectivity index (χ2v) is 7.93. The van der Waals surface area contributed by atoms with Gasteiger partial charge in [0.2, 0.25) is 0 Å². The van der Waals surface area contributed by atoms with Gasteiger partial charge in [-0.3, -0.25) is 5.84 Å². The standard InChI is InChI=1S/C15H19IN2S/c1-10(2)6-11-4-3-5-12(7-11)15(18-17)13-8-14(16)19-9-13/h3-5,7-10,15,18H,6,17H2,1-2H3. The molecule has 19 heavy (non-hydrogen) atoms. The van der Waals surface area contributed by atoms with Crippen molar-refractivity contribution in [2.45, 2.75) is 26.3 Å². The van der Waals surface area contributed by atoms with E-state index in [9.17, 15) is 0 Å². The lowest BCUT2D eigenvalue weighted by Crippen LogP contribution is -2.28. The fraction of sp³-hybridized carbons (Fsp3) is 0.333. The van der Waals surface area contributed by atoms with Gasteiger partial charge in [0.15, 0.2) is 0 Å². The van der Waals surface area contributed by atoms with Crippen molar-refractivity contribution in [1.82, 2.24) is 5.43 Å². The Bertz CT molecular complexity index is 536. The first-order chi connectivity index (χ1) is 9.10. The quantitative estimate of drug-likeness (QED) is 0.461. The largest absolute Gasteiger partial charge is 0.271 e. The van der Waals surface area contributed by atoms with Gasteiger partial charge in [-0.25, -0.2) is 5.43 Å². The van der Waals surface area contributed by atoms with Crippen LogP contribution in [0.1, 0.15) is 36.6 Å². The first-order valence-electron chi connectivity index (χ1n) is 6.39. The highest BCUT2D eigenvalue weighted by Gasteiger charge is 2.14. The molecule has 4 heteroatoms. The van der Waals surface area contributed by atoms with Crippen LogP contribution < -0.4 is 11.3 Å². The molecule has 0 aliphatic rings. The summed E-state index contributed by atoms with van der Waals surface area (Å²) in [6.07, 6.45) is 1.10. The van der Waals surface area contributed by atoms with Crippen LogP contribution in [0, 0.1) is 8.80 Å². The van der Waals surface area contributed by atoms with E-state index in [0.29, 0.717) is 5.92 Å². The summed E-state index contributed by atoms with van der Waals surface area (Å²) in [5, 5.41) is 2.17. The Hall–Kier alpha value is -0.430. The molecular formula is C15H19IN2S. The summed E-state index contributed by atoms with van der Waals surface area (Å²) in [5.41, 5.74) is 6.77. The molecule has 2 aromatic rings. The third-order valence-corrected chi connectivity index (χ3v) is 4.82. The van der Waals surface area contributed by atoms with E-state index in [1.54, 1.807) is 11.3 Å². The minimum atomic E-state index is 0.0758. The number of rotatable bonds is 5. The van der Waals surface area contributed by atoms with E-state index in [4.69, 9.17) is 5.84 Å². The number of benzene rings is 1. The van der Waals surface area contributed by atoms with E-state index in [0.717, 1.165) is 6.42 Å². The molecule has 0 aliphatic heterocycles. The Balaban J connectivity index is 2.28. The van der Waals surface area contributed by atoms with Crippen LogP contribution >= 0.6 is 33.9 Å². The molecule has 2 rings (SSSR count). The minimum absolute atomic E-state index is 0.0758. The van der Waals surface area contributed by atoms with Crippen molar-refractivity contribution in [3.05, 3.63) is 55.3 Å². The van der Waals surface area contributed by atoms with E-state index < -0.39 is 0 Å². The van der Waals surface area contributed by atoms with Gasteiger partial charge in [0, 0.05) is 0 Å². The molecule has 0 spiro atoms. The van der Waals surface area contributed by atoms with Gasteiger partial charge in [-0.2, -0.15) is 0 Å². The molecule has 1 unspecified atom stereocenters. The van der Waals surface area contributed by atoms with E-state index in [2.05, 4.69) is 77.6 Å². The molecule has 0 bridgehead atoms. The van der Waals surface area contributed by atoms with Gasteiger partial charge < -0.3 is 0 Å². The second kappa shape index (κ2) is 6.83. The van der Waals surface area contributed by atoms with Crippen molar-refractivity contribution in [3.8, 4) is 0 Å². The summed E-state index contributed by atoms with van der Waals surface area (Å²) >= 11 is 4.09. The highest BCUT2D eigenvalue weighted by atomic mass is 127. The van der Waals surface area contributed by atoms with Crippen LogP contribution in [-0.4, -0.2) is 0 Å². The molecule has 102 valence electrons. The maximum Gasteiger partial charge on any atom is 0.0718 e. The number of hydrazine groups is 1. The number of thiophene rings is 1. The topological polar surface area (TPSA) is 38.0 Å². The maximum absolute atomic E-state index is 5.75. The third kappa shape index (κ3) is 4.02. The van der Waals surface area contributed by atoms with Crippen LogP contribution in [0.2, 0.25) is 0 Å². The molecule has 0 aliphatic carbocycles. The van der Waals surface area contributed by atoms with Gasteiger partial charge in [0.05, 0.1) is 8.93 Å². The lowest BCUT2D eigenvalue weighted by Gasteiger charge is -2.16. The first kappa shape index (κ1) is 15.0. The summed E-state index contributed by atoms with van der Waals surface area (Å²) in [4.78, 5) is 0. The maximum atomic E-state index is 5.75. The minimum Gasteiger partial charge on any atom is -0.271 e. The van der Waals surface area contributed by atoms with Crippen LogP contribution in [0.4, 0.5) is 0 Å². The molecule has 0 saturated carbocycles. The van der Waals surface area contributed by atoms with Crippen LogP contribution in [0.15, 0.2) is 35.7 Å². The molecule has 1 aromatic carbocycles. The zero-order valence-electron chi connectivity index (χ0n) is 11.2. The third-order valence-electron chi connectivity index (χ3n) is 3.02. The number of halogens is 1. The molecule has 2 nitrogen and oxygen atoms in total. The fourth-order valence-electron chi connectivity index (χ4n) is 2.23.